The summed E-state index contributed by atoms with van der Waals surface area (Å²) in [5.41, 5.74) is 2.11. The standard InChI is InChI=1S/C24H28N2O4S/c1-24(2,3)17-9-11-18(12-10-17)29-13-6-14-30-21-16(7-5-8-19(21)28-4)15-20-22(27)26-23(25)31-20/h5,7-12,15H,6,13-14H2,1-4H3,(H2,25,26,27). The average Bonchev–Trinajstić information content (AvgIpc) is 3.04. The van der Waals surface area contributed by atoms with Crippen molar-refractivity contribution in [2.75, 3.05) is 20.3 Å². The summed E-state index contributed by atoms with van der Waals surface area (Å²) in [7, 11) is 1.58. The maximum absolute atomic E-state index is 11.9. The van der Waals surface area contributed by atoms with Gasteiger partial charge in [0.15, 0.2) is 16.7 Å². The van der Waals surface area contributed by atoms with Crippen LogP contribution < -0.4 is 19.5 Å². The molecule has 164 valence electrons. The molecule has 1 heterocycles. The van der Waals surface area contributed by atoms with Gasteiger partial charge in [-0.25, -0.2) is 0 Å². The predicted octanol–water partition coefficient (Wildman–Crippen LogP) is 4.98. The van der Waals surface area contributed by atoms with Gasteiger partial charge in [-0.3, -0.25) is 10.2 Å². The molecule has 1 aliphatic heterocycles. The summed E-state index contributed by atoms with van der Waals surface area (Å²) in [4.78, 5) is 12.4. The first-order valence-corrected chi connectivity index (χ1v) is 10.9. The number of amidine groups is 1. The molecule has 6 nitrogen and oxygen atoms in total. The van der Waals surface area contributed by atoms with Crippen LogP contribution in [0.5, 0.6) is 17.2 Å². The molecular formula is C24H28N2O4S. The number of carbonyl (C=O) groups is 1. The first-order chi connectivity index (χ1) is 14.8. The normalized spacial score (nSPS) is 15.2. The van der Waals surface area contributed by atoms with E-state index in [1.807, 2.05) is 30.3 Å². The third kappa shape index (κ3) is 6.04. The van der Waals surface area contributed by atoms with Gasteiger partial charge < -0.3 is 19.5 Å². The van der Waals surface area contributed by atoms with Gasteiger partial charge in [0, 0.05) is 12.0 Å². The maximum Gasteiger partial charge on any atom is 0.264 e. The quantitative estimate of drug-likeness (QED) is 0.447. The van der Waals surface area contributed by atoms with Crippen LogP contribution in [0.15, 0.2) is 47.4 Å². The molecule has 0 radical (unpaired) electrons. The van der Waals surface area contributed by atoms with Gasteiger partial charge in [0.1, 0.15) is 5.75 Å². The number of amides is 1. The van der Waals surface area contributed by atoms with Crippen LogP contribution in [-0.4, -0.2) is 31.4 Å². The van der Waals surface area contributed by atoms with Crippen LogP contribution in [-0.2, 0) is 10.2 Å². The number of hydrogen-bond acceptors (Lipinski definition) is 6. The zero-order valence-electron chi connectivity index (χ0n) is 18.3. The van der Waals surface area contributed by atoms with Crippen molar-refractivity contribution in [1.29, 1.82) is 5.41 Å². The molecule has 1 saturated heterocycles. The molecule has 0 saturated carbocycles. The number of rotatable bonds is 8. The lowest BCUT2D eigenvalue weighted by Gasteiger charge is -2.19. The molecule has 3 rings (SSSR count). The molecule has 2 aromatic carbocycles. The van der Waals surface area contributed by atoms with Gasteiger partial charge in [-0.2, -0.15) is 0 Å². The number of carbonyl (C=O) groups excluding carboxylic acids is 1. The molecule has 0 bridgehead atoms. The van der Waals surface area contributed by atoms with Crippen LogP contribution >= 0.6 is 11.8 Å². The van der Waals surface area contributed by atoms with E-state index >= 15 is 0 Å². The fraction of sp³-hybridized carbons (Fsp3) is 0.333. The highest BCUT2D eigenvalue weighted by molar-refractivity contribution is 8.18. The minimum atomic E-state index is -0.283. The number of nitrogens with one attached hydrogen (secondary N) is 2. The largest absolute Gasteiger partial charge is 0.493 e. The number of para-hydroxylation sites is 1. The Kier molecular flexibility index (Phi) is 7.28. The molecular weight excluding hydrogens is 412 g/mol. The van der Waals surface area contributed by atoms with Crippen molar-refractivity contribution < 1.29 is 19.0 Å². The van der Waals surface area contributed by atoms with Crippen molar-refractivity contribution >= 4 is 28.9 Å². The van der Waals surface area contributed by atoms with Crippen LogP contribution in [0.3, 0.4) is 0 Å². The van der Waals surface area contributed by atoms with Gasteiger partial charge in [0.05, 0.1) is 25.2 Å². The molecule has 0 aliphatic carbocycles. The number of thioether (sulfide) groups is 1. The van der Waals surface area contributed by atoms with E-state index in [0.717, 1.165) is 23.1 Å². The Morgan fingerprint density at radius 1 is 1.06 bits per heavy atom. The van der Waals surface area contributed by atoms with E-state index in [1.165, 1.54) is 5.56 Å². The highest BCUT2D eigenvalue weighted by Crippen LogP contribution is 2.35. The maximum atomic E-state index is 11.9. The zero-order chi connectivity index (χ0) is 22.4. The van der Waals surface area contributed by atoms with Crippen molar-refractivity contribution in [3.63, 3.8) is 0 Å². The molecule has 1 amide bonds. The van der Waals surface area contributed by atoms with E-state index in [1.54, 1.807) is 13.2 Å². The van der Waals surface area contributed by atoms with Crippen molar-refractivity contribution in [2.24, 2.45) is 0 Å². The Morgan fingerprint density at radius 2 is 1.77 bits per heavy atom. The summed E-state index contributed by atoms with van der Waals surface area (Å²) in [5, 5.41) is 10.2. The number of benzene rings is 2. The van der Waals surface area contributed by atoms with Gasteiger partial charge in [0.2, 0.25) is 0 Å². The second kappa shape index (κ2) is 9.92. The van der Waals surface area contributed by atoms with Crippen molar-refractivity contribution in [2.45, 2.75) is 32.6 Å². The molecule has 31 heavy (non-hydrogen) atoms. The Labute approximate surface area is 187 Å². The number of ether oxygens (including phenoxy) is 3. The van der Waals surface area contributed by atoms with Crippen molar-refractivity contribution in [3.8, 4) is 17.2 Å². The summed E-state index contributed by atoms with van der Waals surface area (Å²) in [6.07, 6.45) is 2.40. The number of methoxy groups -OCH3 is 1. The summed E-state index contributed by atoms with van der Waals surface area (Å²) < 4.78 is 17.2. The third-order valence-electron chi connectivity index (χ3n) is 4.70. The van der Waals surface area contributed by atoms with Crippen LogP contribution in [0.25, 0.3) is 6.08 Å². The molecule has 0 unspecified atom stereocenters. The molecule has 2 N–H and O–H groups in total. The summed E-state index contributed by atoms with van der Waals surface area (Å²) in [6, 6.07) is 13.7. The van der Waals surface area contributed by atoms with Crippen molar-refractivity contribution in [1.82, 2.24) is 5.32 Å². The van der Waals surface area contributed by atoms with Gasteiger partial charge >= 0.3 is 0 Å². The predicted molar refractivity (Wildman–Crippen MR) is 125 cm³/mol. The minimum absolute atomic E-state index is 0.117. The summed E-state index contributed by atoms with van der Waals surface area (Å²) >= 11 is 1.09. The van der Waals surface area contributed by atoms with Gasteiger partial charge in [-0.1, -0.05) is 45.0 Å². The highest BCUT2D eigenvalue weighted by Gasteiger charge is 2.23. The molecule has 2 aromatic rings. The first kappa shape index (κ1) is 22.7. The second-order valence-corrected chi connectivity index (χ2v) is 9.15. The Morgan fingerprint density at radius 3 is 2.39 bits per heavy atom. The van der Waals surface area contributed by atoms with Crippen LogP contribution in [0.1, 0.15) is 38.3 Å². The lowest BCUT2D eigenvalue weighted by molar-refractivity contribution is -0.115. The monoisotopic (exact) mass is 440 g/mol. The van der Waals surface area contributed by atoms with E-state index < -0.39 is 0 Å². The summed E-state index contributed by atoms with van der Waals surface area (Å²) in [6.45, 7) is 7.51. The molecule has 7 heteroatoms. The zero-order valence-corrected chi connectivity index (χ0v) is 19.1. The van der Waals surface area contributed by atoms with Gasteiger partial charge in [0.25, 0.3) is 5.91 Å². The number of hydrogen-bond donors (Lipinski definition) is 2. The van der Waals surface area contributed by atoms with E-state index in [0.29, 0.717) is 36.0 Å². The molecule has 0 spiro atoms. The highest BCUT2D eigenvalue weighted by atomic mass is 32.2. The van der Waals surface area contributed by atoms with E-state index in [4.69, 9.17) is 19.6 Å². The molecule has 1 fully saturated rings. The molecule has 1 aliphatic rings. The lowest BCUT2D eigenvalue weighted by Crippen LogP contribution is -2.18. The van der Waals surface area contributed by atoms with Crippen LogP contribution in [0.4, 0.5) is 0 Å². The molecule has 0 atom stereocenters. The fourth-order valence-electron chi connectivity index (χ4n) is 3.02. The van der Waals surface area contributed by atoms with Crippen molar-refractivity contribution in [3.05, 3.63) is 58.5 Å². The first-order valence-electron chi connectivity index (χ1n) is 10.1. The topological polar surface area (TPSA) is 80.6 Å². The molecule has 0 aromatic heterocycles. The smallest absolute Gasteiger partial charge is 0.264 e. The van der Waals surface area contributed by atoms with Gasteiger partial charge in [-0.05, 0) is 47.0 Å². The van der Waals surface area contributed by atoms with Crippen LogP contribution in [0, 0.1) is 5.41 Å². The Hall–Kier alpha value is -2.93. The van der Waals surface area contributed by atoms with E-state index in [-0.39, 0.29) is 16.5 Å². The van der Waals surface area contributed by atoms with E-state index in [2.05, 4.69) is 38.2 Å². The third-order valence-corrected chi connectivity index (χ3v) is 5.53. The minimum Gasteiger partial charge on any atom is -0.493 e. The average molecular weight is 441 g/mol. The second-order valence-electron chi connectivity index (χ2n) is 8.10. The lowest BCUT2D eigenvalue weighted by atomic mass is 9.87. The SMILES string of the molecule is COc1cccc(C=C2SC(=N)NC2=O)c1OCCCOc1ccc(C(C)(C)C)cc1. The fourth-order valence-corrected chi connectivity index (χ4v) is 3.71. The Bertz CT molecular complexity index is 978. The summed E-state index contributed by atoms with van der Waals surface area (Å²) in [5.74, 6) is 1.71. The Balaban J connectivity index is 1.58. The van der Waals surface area contributed by atoms with E-state index in [9.17, 15) is 4.79 Å². The van der Waals surface area contributed by atoms with Crippen LogP contribution in [0.2, 0.25) is 0 Å². The van der Waals surface area contributed by atoms with Gasteiger partial charge in [-0.15, -0.1) is 0 Å².